The van der Waals surface area contributed by atoms with E-state index >= 15 is 0 Å². The Hall–Kier alpha value is -1.92. The van der Waals surface area contributed by atoms with E-state index in [1.807, 2.05) is 5.38 Å². The molecule has 0 bridgehead atoms. The Morgan fingerprint density at radius 1 is 1.47 bits per heavy atom. The number of hydrogen-bond acceptors (Lipinski definition) is 4. The average Bonchev–Trinajstić information content (AvgIpc) is 2.92. The fourth-order valence-corrected chi connectivity index (χ4v) is 2.30. The van der Waals surface area contributed by atoms with E-state index < -0.39 is 17.8 Å². The Bertz CT molecular complexity index is 572. The molecule has 1 aromatic carbocycles. The number of carbonyl (C=O) groups excluding carboxylic acids is 1. The molecule has 1 atom stereocenters. The van der Waals surface area contributed by atoms with Gasteiger partial charge >= 0.3 is 0 Å². The molecule has 2 rings (SSSR count). The zero-order valence-electron chi connectivity index (χ0n) is 9.97. The van der Waals surface area contributed by atoms with Crippen molar-refractivity contribution >= 4 is 22.9 Å². The van der Waals surface area contributed by atoms with Crippen LogP contribution in [-0.4, -0.2) is 17.6 Å². The van der Waals surface area contributed by atoms with E-state index in [4.69, 9.17) is 5.73 Å². The van der Waals surface area contributed by atoms with Crippen molar-refractivity contribution in [3.63, 3.8) is 0 Å². The molecule has 19 heavy (non-hydrogen) atoms. The van der Waals surface area contributed by atoms with Gasteiger partial charge in [-0.2, -0.15) is 11.3 Å². The van der Waals surface area contributed by atoms with Gasteiger partial charge in [0.2, 0.25) is 0 Å². The lowest BCUT2D eigenvalue weighted by Crippen LogP contribution is -2.29. The summed E-state index contributed by atoms with van der Waals surface area (Å²) in [6.45, 7) is 0.0471. The van der Waals surface area contributed by atoms with Crippen LogP contribution in [0.1, 0.15) is 22.0 Å². The van der Waals surface area contributed by atoms with Crippen molar-refractivity contribution in [3.8, 4) is 0 Å². The van der Waals surface area contributed by atoms with Gasteiger partial charge in [0.25, 0.3) is 5.91 Å². The molecule has 0 aliphatic rings. The maximum absolute atomic E-state index is 13.0. The summed E-state index contributed by atoms with van der Waals surface area (Å²) in [4.78, 5) is 11.8. The fourth-order valence-electron chi connectivity index (χ4n) is 1.59. The number of anilines is 1. The lowest BCUT2D eigenvalue weighted by Gasteiger charge is -2.11. The van der Waals surface area contributed by atoms with E-state index in [1.54, 1.807) is 11.4 Å². The number of carbonyl (C=O) groups is 1. The van der Waals surface area contributed by atoms with Gasteiger partial charge < -0.3 is 16.2 Å². The molecule has 1 amide bonds. The average molecular weight is 280 g/mol. The number of nitrogens with one attached hydrogen (secondary N) is 1. The molecule has 4 N–H and O–H groups in total. The van der Waals surface area contributed by atoms with Gasteiger partial charge in [0, 0.05) is 12.2 Å². The third kappa shape index (κ3) is 3.30. The molecule has 0 saturated heterocycles. The normalized spacial score (nSPS) is 12.1. The van der Waals surface area contributed by atoms with Crippen molar-refractivity contribution in [2.24, 2.45) is 0 Å². The fraction of sp³-hybridized carbons (Fsp3) is 0.154. The summed E-state index contributed by atoms with van der Waals surface area (Å²) in [7, 11) is 0. The smallest absolute Gasteiger partial charge is 0.253 e. The van der Waals surface area contributed by atoms with Gasteiger partial charge in [-0.3, -0.25) is 4.79 Å². The van der Waals surface area contributed by atoms with Crippen LogP contribution in [0.3, 0.4) is 0 Å². The van der Waals surface area contributed by atoms with Crippen LogP contribution in [-0.2, 0) is 0 Å². The molecule has 2 aromatic rings. The molecule has 0 fully saturated rings. The summed E-state index contributed by atoms with van der Waals surface area (Å²) < 4.78 is 13.0. The largest absolute Gasteiger partial charge is 0.398 e. The Labute approximate surface area is 113 Å². The van der Waals surface area contributed by atoms with Gasteiger partial charge in [-0.25, -0.2) is 4.39 Å². The lowest BCUT2D eigenvalue weighted by atomic mass is 10.1. The number of aliphatic hydroxyl groups excluding tert-OH is 1. The van der Waals surface area contributed by atoms with E-state index in [-0.39, 0.29) is 17.8 Å². The van der Waals surface area contributed by atoms with Crippen LogP contribution >= 0.6 is 11.3 Å². The summed E-state index contributed by atoms with van der Waals surface area (Å²) in [5.41, 5.74) is 6.60. The first-order chi connectivity index (χ1) is 9.08. The molecule has 0 radical (unpaired) electrons. The quantitative estimate of drug-likeness (QED) is 0.749. The monoisotopic (exact) mass is 280 g/mol. The summed E-state index contributed by atoms with van der Waals surface area (Å²) in [6, 6.07) is 5.37. The Morgan fingerprint density at radius 3 is 2.95 bits per heavy atom. The number of amides is 1. The minimum atomic E-state index is -0.787. The highest BCUT2D eigenvalue weighted by molar-refractivity contribution is 7.07. The first-order valence-electron chi connectivity index (χ1n) is 5.61. The van der Waals surface area contributed by atoms with Crippen LogP contribution in [0.5, 0.6) is 0 Å². The number of nitrogens with two attached hydrogens (primary N) is 1. The van der Waals surface area contributed by atoms with Crippen LogP contribution in [0.4, 0.5) is 10.1 Å². The van der Waals surface area contributed by atoms with Gasteiger partial charge in [0.05, 0.1) is 11.7 Å². The second kappa shape index (κ2) is 5.81. The molecule has 100 valence electrons. The maximum Gasteiger partial charge on any atom is 0.253 e. The zero-order valence-corrected chi connectivity index (χ0v) is 10.8. The van der Waals surface area contributed by atoms with E-state index in [0.717, 1.165) is 11.6 Å². The summed E-state index contributed by atoms with van der Waals surface area (Å²) in [5, 5.41) is 16.0. The van der Waals surface area contributed by atoms with Gasteiger partial charge in [-0.1, -0.05) is 0 Å². The van der Waals surface area contributed by atoms with Gasteiger partial charge in [0.1, 0.15) is 5.82 Å². The van der Waals surface area contributed by atoms with E-state index in [9.17, 15) is 14.3 Å². The molecule has 1 aromatic heterocycles. The summed E-state index contributed by atoms with van der Waals surface area (Å²) in [5.74, 6) is -1.04. The Morgan fingerprint density at radius 2 is 2.26 bits per heavy atom. The van der Waals surface area contributed by atoms with Crippen molar-refractivity contribution in [3.05, 3.63) is 52.0 Å². The second-order valence-electron chi connectivity index (χ2n) is 4.01. The molecular weight excluding hydrogens is 267 g/mol. The SMILES string of the molecule is Nc1ccc(F)cc1C(=O)NCC(O)c1ccsc1. The highest BCUT2D eigenvalue weighted by Crippen LogP contribution is 2.16. The Kier molecular flexibility index (Phi) is 4.13. The third-order valence-corrected chi connectivity index (χ3v) is 3.35. The second-order valence-corrected chi connectivity index (χ2v) is 4.79. The molecule has 0 aliphatic carbocycles. The highest BCUT2D eigenvalue weighted by Gasteiger charge is 2.13. The number of thiophene rings is 1. The number of halogens is 1. The standard InChI is InChI=1S/C13H13FN2O2S/c14-9-1-2-11(15)10(5-9)13(18)16-6-12(17)8-3-4-19-7-8/h1-5,7,12,17H,6,15H2,(H,16,18). The predicted octanol–water partition coefficient (Wildman–Crippen LogP) is 1.93. The molecule has 4 nitrogen and oxygen atoms in total. The number of nitrogen functional groups attached to an aromatic ring is 1. The molecule has 0 saturated carbocycles. The predicted molar refractivity (Wildman–Crippen MR) is 72.4 cm³/mol. The van der Waals surface area contributed by atoms with Crippen LogP contribution in [0, 0.1) is 5.82 Å². The van der Waals surface area contributed by atoms with Crippen LogP contribution < -0.4 is 11.1 Å². The van der Waals surface area contributed by atoms with Crippen molar-refractivity contribution in [1.82, 2.24) is 5.32 Å². The van der Waals surface area contributed by atoms with Crippen molar-refractivity contribution in [1.29, 1.82) is 0 Å². The topological polar surface area (TPSA) is 75.4 Å². The number of hydrogen-bond donors (Lipinski definition) is 3. The summed E-state index contributed by atoms with van der Waals surface area (Å²) >= 11 is 1.46. The van der Waals surface area contributed by atoms with Gasteiger partial charge in [-0.15, -0.1) is 0 Å². The van der Waals surface area contributed by atoms with Crippen LogP contribution in [0.25, 0.3) is 0 Å². The van der Waals surface area contributed by atoms with E-state index in [1.165, 1.54) is 23.5 Å². The molecule has 1 heterocycles. The van der Waals surface area contributed by atoms with E-state index in [0.29, 0.717) is 0 Å². The van der Waals surface area contributed by atoms with Crippen molar-refractivity contribution in [2.75, 3.05) is 12.3 Å². The minimum absolute atomic E-state index is 0.0471. The van der Waals surface area contributed by atoms with Crippen LogP contribution in [0.2, 0.25) is 0 Å². The van der Waals surface area contributed by atoms with Gasteiger partial charge in [0.15, 0.2) is 0 Å². The molecule has 0 aliphatic heterocycles. The van der Waals surface area contributed by atoms with Gasteiger partial charge in [-0.05, 0) is 40.6 Å². The number of aliphatic hydroxyl groups is 1. The summed E-state index contributed by atoms with van der Waals surface area (Å²) in [6.07, 6.45) is -0.787. The zero-order chi connectivity index (χ0) is 13.8. The van der Waals surface area contributed by atoms with Crippen molar-refractivity contribution in [2.45, 2.75) is 6.10 Å². The Balaban J connectivity index is 2.00. The van der Waals surface area contributed by atoms with E-state index in [2.05, 4.69) is 5.32 Å². The number of rotatable bonds is 4. The number of benzene rings is 1. The van der Waals surface area contributed by atoms with Crippen molar-refractivity contribution < 1.29 is 14.3 Å². The molecular formula is C13H13FN2O2S. The highest BCUT2D eigenvalue weighted by atomic mass is 32.1. The lowest BCUT2D eigenvalue weighted by molar-refractivity contribution is 0.0917. The minimum Gasteiger partial charge on any atom is -0.398 e. The molecule has 1 unspecified atom stereocenters. The van der Waals surface area contributed by atoms with Crippen LogP contribution in [0.15, 0.2) is 35.0 Å². The first-order valence-corrected chi connectivity index (χ1v) is 6.55. The molecule has 6 heteroatoms. The molecule has 0 spiro atoms. The maximum atomic E-state index is 13.0. The third-order valence-electron chi connectivity index (χ3n) is 2.64. The first kappa shape index (κ1) is 13.5.